The van der Waals surface area contributed by atoms with Crippen molar-refractivity contribution < 1.29 is 19.4 Å². The van der Waals surface area contributed by atoms with Crippen molar-refractivity contribution in [2.75, 3.05) is 26.8 Å². The number of nitrogens with zero attached hydrogens (tertiary/aromatic N) is 1. The summed E-state index contributed by atoms with van der Waals surface area (Å²) >= 11 is 0. The predicted molar refractivity (Wildman–Crippen MR) is 68.5 cm³/mol. The minimum Gasteiger partial charge on any atom is -0.480 e. The van der Waals surface area contributed by atoms with Crippen molar-refractivity contribution in [3.05, 3.63) is 0 Å². The van der Waals surface area contributed by atoms with Gasteiger partial charge in [-0.3, -0.25) is 0 Å². The molecule has 18 heavy (non-hydrogen) atoms. The molecule has 0 heterocycles. The lowest BCUT2D eigenvalue weighted by atomic mass is 9.87. The minimum absolute atomic E-state index is 0.378. The molecule has 0 saturated heterocycles. The van der Waals surface area contributed by atoms with Crippen LogP contribution in [-0.4, -0.2) is 54.9 Å². The van der Waals surface area contributed by atoms with Gasteiger partial charge in [-0.15, -0.1) is 0 Å². The maximum Gasteiger partial charge on any atom is 0.326 e. The number of urea groups is 1. The molecule has 0 aliphatic carbocycles. The van der Waals surface area contributed by atoms with Crippen LogP contribution in [0, 0.1) is 5.41 Å². The summed E-state index contributed by atoms with van der Waals surface area (Å²) < 4.78 is 4.91. The first-order chi connectivity index (χ1) is 8.23. The average molecular weight is 260 g/mol. The van der Waals surface area contributed by atoms with Crippen LogP contribution in [0.5, 0.6) is 0 Å². The SMILES string of the molecule is CCN(CCOC)C(=O)N[C@@H](C(=O)O)C(C)(C)C. The van der Waals surface area contributed by atoms with Gasteiger partial charge in [0.1, 0.15) is 6.04 Å². The summed E-state index contributed by atoms with van der Waals surface area (Å²) in [7, 11) is 1.56. The summed E-state index contributed by atoms with van der Waals surface area (Å²) in [4.78, 5) is 24.6. The van der Waals surface area contributed by atoms with E-state index in [1.54, 1.807) is 27.9 Å². The first-order valence-corrected chi connectivity index (χ1v) is 6.01. The molecule has 0 saturated carbocycles. The highest BCUT2D eigenvalue weighted by Crippen LogP contribution is 2.19. The van der Waals surface area contributed by atoms with Gasteiger partial charge in [0.15, 0.2) is 0 Å². The number of aliphatic carboxylic acids is 1. The Bertz CT molecular complexity index is 286. The first kappa shape index (κ1) is 16.7. The molecule has 6 heteroatoms. The Morgan fingerprint density at radius 2 is 1.94 bits per heavy atom. The lowest BCUT2D eigenvalue weighted by molar-refractivity contribution is -0.142. The van der Waals surface area contributed by atoms with E-state index in [2.05, 4.69) is 5.32 Å². The quantitative estimate of drug-likeness (QED) is 0.751. The zero-order valence-corrected chi connectivity index (χ0v) is 11.8. The molecule has 6 nitrogen and oxygen atoms in total. The topological polar surface area (TPSA) is 78.9 Å². The first-order valence-electron chi connectivity index (χ1n) is 6.01. The number of carboxylic acid groups (broad SMARTS) is 1. The maximum atomic E-state index is 11.9. The van der Waals surface area contributed by atoms with Crippen LogP contribution >= 0.6 is 0 Å². The van der Waals surface area contributed by atoms with Crippen LogP contribution in [0.2, 0.25) is 0 Å². The molecule has 0 rings (SSSR count). The van der Waals surface area contributed by atoms with E-state index in [9.17, 15) is 9.59 Å². The molecule has 0 aliphatic rings. The number of likely N-dealkylation sites (N-methyl/N-ethyl adjacent to an activating group) is 1. The fraction of sp³-hybridized carbons (Fsp3) is 0.833. The lowest BCUT2D eigenvalue weighted by Crippen LogP contribution is -2.53. The van der Waals surface area contributed by atoms with Crippen molar-refractivity contribution in [3.8, 4) is 0 Å². The number of carboxylic acids is 1. The van der Waals surface area contributed by atoms with Crippen molar-refractivity contribution >= 4 is 12.0 Å². The molecule has 0 aromatic rings. The molecule has 0 fully saturated rings. The van der Waals surface area contributed by atoms with E-state index >= 15 is 0 Å². The molecule has 2 amide bonds. The minimum atomic E-state index is -1.03. The van der Waals surface area contributed by atoms with Gasteiger partial charge in [0.05, 0.1) is 6.61 Å². The highest BCUT2D eigenvalue weighted by atomic mass is 16.5. The number of methoxy groups -OCH3 is 1. The van der Waals surface area contributed by atoms with Crippen LogP contribution < -0.4 is 5.32 Å². The molecule has 106 valence electrons. The number of carbonyl (C=O) groups excluding carboxylic acids is 1. The summed E-state index contributed by atoms with van der Waals surface area (Å²) in [6, 6.07) is -1.29. The highest BCUT2D eigenvalue weighted by Gasteiger charge is 2.33. The largest absolute Gasteiger partial charge is 0.480 e. The Hall–Kier alpha value is -1.30. The predicted octanol–water partition coefficient (Wildman–Crippen LogP) is 1.16. The van der Waals surface area contributed by atoms with E-state index in [0.717, 1.165) is 0 Å². The number of hydrogen-bond donors (Lipinski definition) is 2. The Morgan fingerprint density at radius 3 is 2.28 bits per heavy atom. The third-order valence-corrected chi connectivity index (χ3v) is 2.62. The number of nitrogens with one attached hydrogen (secondary N) is 1. The van der Waals surface area contributed by atoms with Gasteiger partial charge in [-0.1, -0.05) is 20.8 Å². The number of amides is 2. The van der Waals surface area contributed by atoms with Gasteiger partial charge in [-0.05, 0) is 12.3 Å². The molecule has 0 spiro atoms. The monoisotopic (exact) mass is 260 g/mol. The fourth-order valence-electron chi connectivity index (χ4n) is 1.47. The summed E-state index contributed by atoms with van der Waals surface area (Å²) in [6.45, 7) is 8.53. The second-order valence-electron chi connectivity index (χ2n) is 5.16. The van der Waals surface area contributed by atoms with E-state index in [0.29, 0.717) is 19.7 Å². The van der Waals surface area contributed by atoms with Gasteiger partial charge in [0.25, 0.3) is 0 Å². The van der Waals surface area contributed by atoms with Crippen molar-refractivity contribution in [3.63, 3.8) is 0 Å². The maximum absolute atomic E-state index is 11.9. The average Bonchev–Trinajstić information content (AvgIpc) is 2.24. The standard InChI is InChI=1S/C12H24N2O4/c1-6-14(7-8-18-5)11(17)13-9(10(15)16)12(2,3)4/h9H,6-8H2,1-5H3,(H,13,17)(H,15,16)/t9-/m0/s1. The van der Waals surface area contributed by atoms with Gasteiger partial charge in [0.2, 0.25) is 0 Å². The van der Waals surface area contributed by atoms with Crippen LogP contribution in [0.15, 0.2) is 0 Å². The molecule has 0 bridgehead atoms. The molecule has 0 unspecified atom stereocenters. The van der Waals surface area contributed by atoms with Gasteiger partial charge in [-0.25, -0.2) is 9.59 Å². The normalized spacial score (nSPS) is 12.9. The summed E-state index contributed by atoms with van der Waals surface area (Å²) in [5, 5.41) is 11.7. The Labute approximate surface area is 108 Å². The van der Waals surface area contributed by atoms with Crippen LogP contribution in [-0.2, 0) is 9.53 Å². The van der Waals surface area contributed by atoms with Crippen LogP contribution in [0.4, 0.5) is 4.79 Å². The number of carbonyl (C=O) groups is 2. The third kappa shape index (κ3) is 5.35. The van der Waals surface area contributed by atoms with Crippen LogP contribution in [0.1, 0.15) is 27.7 Å². The second-order valence-corrected chi connectivity index (χ2v) is 5.16. The van der Waals surface area contributed by atoms with Gasteiger partial charge < -0.3 is 20.1 Å². The number of hydrogen-bond acceptors (Lipinski definition) is 3. The van der Waals surface area contributed by atoms with Gasteiger partial charge >= 0.3 is 12.0 Å². The van der Waals surface area contributed by atoms with E-state index in [4.69, 9.17) is 9.84 Å². The highest BCUT2D eigenvalue weighted by molar-refractivity contribution is 5.83. The van der Waals surface area contributed by atoms with E-state index in [1.807, 2.05) is 6.92 Å². The molecule has 0 aromatic carbocycles. The summed E-state index contributed by atoms with van der Waals surface area (Å²) in [5.41, 5.74) is -0.540. The molecule has 0 radical (unpaired) electrons. The van der Waals surface area contributed by atoms with E-state index in [1.165, 1.54) is 4.90 Å². The van der Waals surface area contributed by atoms with Crippen molar-refractivity contribution in [2.24, 2.45) is 5.41 Å². The molecular formula is C12H24N2O4. The Morgan fingerprint density at radius 1 is 1.39 bits per heavy atom. The summed E-state index contributed by atoms with van der Waals surface area (Å²) in [5.74, 6) is -1.03. The molecule has 1 atom stereocenters. The lowest BCUT2D eigenvalue weighted by Gasteiger charge is -2.30. The van der Waals surface area contributed by atoms with Crippen molar-refractivity contribution in [2.45, 2.75) is 33.7 Å². The van der Waals surface area contributed by atoms with E-state index in [-0.39, 0.29) is 6.03 Å². The molecule has 0 aromatic heterocycles. The molecule has 0 aliphatic heterocycles. The third-order valence-electron chi connectivity index (χ3n) is 2.62. The van der Waals surface area contributed by atoms with E-state index < -0.39 is 17.4 Å². The summed E-state index contributed by atoms with van der Waals surface area (Å²) in [6.07, 6.45) is 0. The zero-order valence-electron chi connectivity index (χ0n) is 11.8. The smallest absolute Gasteiger partial charge is 0.326 e. The van der Waals surface area contributed by atoms with Crippen molar-refractivity contribution in [1.29, 1.82) is 0 Å². The number of rotatable bonds is 6. The van der Waals surface area contributed by atoms with Crippen molar-refractivity contribution in [1.82, 2.24) is 10.2 Å². The molecule has 2 N–H and O–H groups in total. The fourth-order valence-corrected chi connectivity index (χ4v) is 1.47. The van der Waals surface area contributed by atoms with Crippen LogP contribution in [0.25, 0.3) is 0 Å². The zero-order chi connectivity index (χ0) is 14.3. The Balaban J connectivity index is 4.62. The van der Waals surface area contributed by atoms with Gasteiger partial charge in [-0.2, -0.15) is 0 Å². The van der Waals surface area contributed by atoms with Gasteiger partial charge in [0, 0.05) is 20.2 Å². The van der Waals surface area contributed by atoms with Crippen LogP contribution in [0.3, 0.4) is 0 Å². The molecular weight excluding hydrogens is 236 g/mol. The number of ether oxygens (including phenoxy) is 1. The Kier molecular flexibility index (Phi) is 6.68. The second kappa shape index (κ2) is 7.20.